The molecule has 0 aliphatic carbocycles. The van der Waals surface area contributed by atoms with Crippen molar-refractivity contribution >= 4 is 22.6 Å². The van der Waals surface area contributed by atoms with Gasteiger partial charge in [0.05, 0.1) is 26.5 Å². The van der Waals surface area contributed by atoms with Gasteiger partial charge in [-0.25, -0.2) is 28.2 Å². The maximum absolute atomic E-state index is 4.48. The molecule has 126 valence electrons. The van der Waals surface area contributed by atoms with Gasteiger partial charge < -0.3 is 0 Å². The lowest BCUT2D eigenvalue weighted by Gasteiger charge is -2.02. The van der Waals surface area contributed by atoms with E-state index in [1.54, 1.807) is 24.8 Å². The van der Waals surface area contributed by atoms with Gasteiger partial charge in [0, 0.05) is 6.07 Å². The Kier molecular flexibility index (Phi) is 3.05. The van der Waals surface area contributed by atoms with Gasteiger partial charge in [0.1, 0.15) is 23.8 Å². The zero-order valence-corrected chi connectivity index (χ0v) is 14.4. The van der Waals surface area contributed by atoms with Crippen LogP contribution in [0.2, 0.25) is 0 Å². The topological polar surface area (TPSA) is 69.2 Å². The van der Waals surface area contributed by atoms with E-state index in [1.807, 2.05) is 51.1 Å². The lowest BCUT2D eigenvalue weighted by molar-refractivity contribution is -0.647. The first kappa shape index (κ1) is 14.6. The summed E-state index contributed by atoms with van der Waals surface area (Å²) >= 11 is 0. The average molecular weight is 344 g/mol. The number of aryl methyl sites for hydroxylation is 2. The lowest BCUT2D eigenvalue weighted by atomic mass is 10.2. The molecule has 0 unspecified atom stereocenters. The molecular weight excluding hydrogens is 328 g/mol. The van der Waals surface area contributed by atoms with Crippen LogP contribution in [0.1, 0.15) is 0 Å². The second-order valence-corrected chi connectivity index (χ2v) is 6.12. The van der Waals surface area contributed by atoms with E-state index >= 15 is 0 Å². The summed E-state index contributed by atoms with van der Waals surface area (Å²) in [6.07, 6.45) is 10.8. The van der Waals surface area contributed by atoms with Crippen molar-refractivity contribution in [2.75, 3.05) is 0 Å². The molecule has 1 aromatic carbocycles. The number of hydrogen-bond acceptors (Lipinski definition) is 4. The Bertz CT molecular complexity index is 1170. The highest BCUT2D eigenvalue weighted by atomic mass is 15.2. The molecule has 4 aromatic heterocycles. The summed E-state index contributed by atoms with van der Waals surface area (Å²) in [5.74, 6) is 0. The molecule has 8 heteroatoms. The fraction of sp³-hybridized carbons (Fsp3) is 0.111. The molecule has 26 heavy (non-hydrogen) atoms. The Labute approximate surface area is 148 Å². The quantitative estimate of drug-likeness (QED) is 0.444. The molecule has 0 fully saturated rings. The van der Waals surface area contributed by atoms with Crippen LogP contribution in [0.4, 0.5) is 0 Å². The predicted molar refractivity (Wildman–Crippen MR) is 93.6 cm³/mol. The summed E-state index contributed by atoms with van der Waals surface area (Å²) in [5, 5.41) is 0. The van der Waals surface area contributed by atoms with Crippen LogP contribution in [0.25, 0.3) is 34.0 Å². The fourth-order valence-corrected chi connectivity index (χ4v) is 3.22. The number of imidazole rings is 2. The number of benzene rings is 1. The van der Waals surface area contributed by atoms with Gasteiger partial charge in [0.25, 0.3) is 11.3 Å². The van der Waals surface area contributed by atoms with Gasteiger partial charge in [0.15, 0.2) is 12.7 Å². The van der Waals surface area contributed by atoms with E-state index in [9.17, 15) is 0 Å². The number of aromatic nitrogens is 8. The molecule has 0 saturated carbocycles. The molecule has 0 atom stereocenters. The Morgan fingerprint density at radius 2 is 1.15 bits per heavy atom. The highest BCUT2D eigenvalue weighted by molar-refractivity contribution is 5.67. The van der Waals surface area contributed by atoms with Crippen molar-refractivity contribution in [2.45, 2.75) is 0 Å². The van der Waals surface area contributed by atoms with E-state index < -0.39 is 0 Å². The first-order chi connectivity index (χ1) is 12.7. The second-order valence-electron chi connectivity index (χ2n) is 6.12. The third-order valence-corrected chi connectivity index (χ3v) is 4.41. The van der Waals surface area contributed by atoms with Crippen molar-refractivity contribution in [3.63, 3.8) is 0 Å². The zero-order chi connectivity index (χ0) is 17.7. The van der Waals surface area contributed by atoms with Crippen molar-refractivity contribution in [3.8, 4) is 11.4 Å². The van der Waals surface area contributed by atoms with E-state index in [0.717, 1.165) is 34.0 Å². The van der Waals surface area contributed by atoms with Crippen molar-refractivity contribution in [3.05, 3.63) is 61.7 Å². The molecule has 0 saturated heterocycles. The summed E-state index contributed by atoms with van der Waals surface area (Å²) in [4.78, 5) is 17.8. The zero-order valence-electron chi connectivity index (χ0n) is 14.4. The second kappa shape index (κ2) is 5.41. The minimum absolute atomic E-state index is 0.815. The minimum atomic E-state index is 0.815. The van der Waals surface area contributed by atoms with Crippen molar-refractivity contribution in [1.82, 2.24) is 29.1 Å². The SMILES string of the molecule is C[n+]1cn(-c2cccc(-n3c[n+](C)c4nccnc43)c2)c2nccnc21. The van der Waals surface area contributed by atoms with Crippen LogP contribution in [0, 0.1) is 0 Å². The van der Waals surface area contributed by atoms with Gasteiger partial charge in [-0.1, -0.05) is 6.07 Å². The number of fused-ring (bicyclic) bond motifs is 2. The van der Waals surface area contributed by atoms with Gasteiger partial charge in [-0.2, -0.15) is 0 Å². The van der Waals surface area contributed by atoms with Gasteiger partial charge in [0.2, 0.25) is 0 Å². The average Bonchev–Trinajstić information content (AvgIpc) is 3.20. The van der Waals surface area contributed by atoms with E-state index in [-0.39, 0.29) is 0 Å². The molecule has 0 aliphatic heterocycles. The molecule has 0 radical (unpaired) electrons. The molecule has 4 heterocycles. The maximum Gasteiger partial charge on any atom is 0.322 e. The Balaban J connectivity index is 1.72. The van der Waals surface area contributed by atoms with Crippen LogP contribution in [0.15, 0.2) is 61.7 Å². The molecule has 0 spiro atoms. The van der Waals surface area contributed by atoms with Gasteiger partial charge in [-0.15, -0.1) is 9.97 Å². The van der Waals surface area contributed by atoms with Crippen LogP contribution in [-0.2, 0) is 14.1 Å². The number of rotatable bonds is 2. The lowest BCUT2D eigenvalue weighted by Crippen LogP contribution is -2.26. The molecule has 5 aromatic rings. The van der Waals surface area contributed by atoms with Gasteiger partial charge >= 0.3 is 11.3 Å². The summed E-state index contributed by atoms with van der Waals surface area (Å²) in [6.45, 7) is 0. The van der Waals surface area contributed by atoms with Crippen LogP contribution >= 0.6 is 0 Å². The van der Waals surface area contributed by atoms with E-state index in [1.165, 1.54) is 0 Å². The summed E-state index contributed by atoms with van der Waals surface area (Å²) in [6, 6.07) is 8.22. The van der Waals surface area contributed by atoms with E-state index in [0.29, 0.717) is 0 Å². The Morgan fingerprint density at radius 3 is 1.65 bits per heavy atom. The fourth-order valence-electron chi connectivity index (χ4n) is 3.22. The Hall–Kier alpha value is -3.68. The highest BCUT2D eigenvalue weighted by Gasteiger charge is 2.20. The Morgan fingerprint density at radius 1 is 0.692 bits per heavy atom. The molecular formula is C18H16N8+2. The van der Waals surface area contributed by atoms with Crippen LogP contribution in [0.5, 0.6) is 0 Å². The van der Waals surface area contributed by atoms with Crippen LogP contribution in [0.3, 0.4) is 0 Å². The summed E-state index contributed by atoms with van der Waals surface area (Å²) < 4.78 is 7.99. The van der Waals surface area contributed by atoms with Crippen molar-refractivity contribution in [2.24, 2.45) is 14.1 Å². The normalized spacial score (nSPS) is 11.5. The molecule has 0 bridgehead atoms. The van der Waals surface area contributed by atoms with Crippen molar-refractivity contribution in [1.29, 1.82) is 0 Å². The summed E-state index contributed by atoms with van der Waals surface area (Å²) in [7, 11) is 3.93. The van der Waals surface area contributed by atoms with Gasteiger partial charge in [-0.3, -0.25) is 0 Å². The van der Waals surface area contributed by atoms with Crippen LogP contribution < -0.4 is 9.13 Å². The highest BCUT2D eigenvalue weighted by Crippen LogP contribution is 2.19. The van der Waals surface area contributed by atoms with E-state index in [4.69, 9.17) is 0 Å². The molecule has 5 rings (SSSR count). The molecule has 0 N–H and O–H groups in total. The van der Waals surface area contributed by atoms with E-state index in [2.05, 4.69) is 38.1 Å². The molecule has 8 nitrogen and oxygen atoms in total. The predicted octanol–water partition coefficient (Wildman–Crippen LogP) is 0.803. The number of nitrogens with zero attached hydrogens (tertiary/aromatic N) is 8. The maximum atomic E-state index is 4.48. The third kappa shape index (κ3) is 2.08. The van der Waals surface area contributed by atoms with Crippen molar-refractivity contribution < 1.29 is 9.13 Å². The third-order valence-electron chi connectivity index (χ3n) is 4.41. The van der Waals surface area contributed by atoms with Crippen LogP contribution in [-0.4, -0.2) is 29.1 Å². The minimum Gasteiger partial charge on any atom is -0.234 e. The first-order valence-corrected chi connectivity index (χ1v) is 8.18. The smallest absolute Gasteiger partial charge is 0.234 e. The summed E-state index contributed by atoms with van der Waals surface area (Å²) in [5.41, 5.74) is 5.30. The monoisotopic (exact) mass is 344 g/mol. The first-order valence-electron chi connectivity index (χ1n) is 8.18. The van der Waals surface area contributed by atoms with Gasteiger partial charge in [-0.05, 0) is 12.1 Å². The standard InChI is InChI=1S/C18H16N8/c1-23-11-25(17-15(23)19-6-8-21-17)13-4-3-5-14(10-13)26-12-24(2)16-18(26)22-9-7-20-16/h3-12H,1-2H3/q+2. The number of hydrogen-bond donors (Lipinski definition) is 0. The molecule has 0 aliphatic rings. The molecule has 0 amide bonds. The largest absolute Gasteiger partial charge is 0.322 e.